The van der Waals surface area contributed by atoms with E-state index in [1.54, 1.807) is 6.07 Å². The van der Waals surface area contributed by atoms with Crippen molar-refractivity contribution < 1.29 is 9.53 Å². The van der Waals surface area contributed by atoms with E-state index < -0.39 is 6.09 Å². The molecule has 7 nitrogen and oxygen atoms in total. The largest absolute Gasteiger partial charge is 0.448 e. The van der Waals surface area contributed by atoms with Crippen molar-refractivity contribution in [3.8, 4) is 0 Å². The van der Waals surface area contributed by atoms with Crippen molar-refractivity contribution in [1.29, 1.82) is 0 Å². The Morgan fingerprint density at radius 3 is 2.94 bits per heavy atom. The van der Waals surface area contributed by atoms with Crippen molar-refractivity contribution in [2.24, 2.45) is 11.5 Å². The van der Waals surface area contributed by atoms with Gasteiger partial charge < -0.3 is 21.5 Å². The van der Waals surface area contributed by atoms with E-state index in [-0.39, 0.29) is 11.6 Å². The van der Waals surface area contributed by atoms with E-state index in [2.05, 4.69) is 20.3 Å². The third-order valence-electron chi connectivity index (χ3n) is 1.63. The van der Waals surface area contributed by atoms with Gasteiger partial charge in [0.15, 0.2) is 5.82 Å². The number of nitrogens with zero attached hydrogens (tertiary/aromatic N) is 2. The summed E-state index contributed by atoms with van der Waals surface area (Å²) in [5, 5.41) is 10.4. The highest BCUT2D eigenvalue weighted by Gasteiger charge is 2.05. The lowest BCUT2D eigenvalue weighted by atomic mass is 10.3. The number of amides is 1. The smallest absolute Gasteiger partial charge is 0.404 e. The first-order chi connectivity index (χ1) is 7.61. The van der Waals surface area contributed by atoms with E-state index in [9.17, 15) is 4.79 Å². The van der Waals surface area contributed by atoms with Gasteiger partial charge in [0.25, 0.3) is 0 Å². The SMILES string of the molecule is NC(=O)OCCNc1nnccc1C(N)=S. The van der Waals surface area contributed by atoms with E-state index in [1.165, 1.54) is 6.20 Å². The topological polar surface area (TPSA) is 116 Å². The molecule has 0 radical (unpaired) electrons. The summed E-state index contributed by atoms with van der Waals surface area (Å²) >= 11 is 4.83. The zero-order valence-corrected chi connectivity index (χ0v) is 9.16. The number of nitrogens with one attached hydrogen (secondary N) is 1. The van der Waals surface area contributed by atoms with Gasteiger partial charge >= 0.3 is 6.09 Å². The second kappa shape index (κ2) is 5.81. The monoisotopic (exact) mass is 241 g/mol. The minimum Gasteiger partial charge on any atom is -0.448 e. The van der Waals surface area contributed by atoms with Gasteiger partial charge in [-0.05, 0) is 6.07 Å². The fourth-order valence-electron chi connectivity index (χ4n) is 0.982. The number of carbonyl (C=O) groups excluding carboxylic acids is 1. The molecule has 0 saturated heterocycles. The molecule has 8 heteroatoms. The molecule has 0 bridgehead atoms. The lowest BCUT2D eigenvalue weighted by Gasteiger charge is -2.08. The molecular weight excluding hydrogens is 230 g/mol. The number of anilines is 1. The average molecular weight is 241 g/mol. The highest BCUT2D eigenvalue weighted by molar-refractivity contribution is 7.80. The van der Waals surface area contributed by atoms with Crippen LogP contribution >= 0.6 is 12.2 Å². The molecule has 0 spiro atoms. The molecule has 0 atom stereocenters. The minimum absolute atomic E-state index is 0.128. The highest BCUT2D eigenvalue weighted by Crippen LogP contribution is 2.08. The number of thiocarbonyl (C=S) groups is 1. The molecule has 5 N–H and O–H groups in total. The number of hydrogen-bond donors (Lipinski definition) is 3. The van der Waals surface area contributed by atoms with Crippen molar-refractivity contribution in [3.05, 3.63) is 17.8 Å². The Bertz CT molecular complexity index is 398. The number of rotatable bonds is 5. The van der Waals surface area contributed by atoms with Gasteiger partial charge in [-0.1, -0.05) is 12.2 Å². The first kappa shape index (κ1) is 12.1. The normalized spacial score (nSPS) is 9.50. The molecule has 1 amide bonds. The van der Waals surface area contributed by atoms with Crippen molar-refractivity contribution in [2.75, 3.05) is 18.5 Å². The predicted octanol–water partition coefficient (Wildman–Crippen LogP) is -0.382. The Kier molecular flexibility index (Phi) is 4.40. The Morgan fingerprint density at radius 2 is 2.31 bits per heavy atom. The number of hydrogen-bond acceptors (Lipinski definition) is 6. The molecule has 0 aliphatic carbocycles. The standard InChI is InChI=1S/C8H11N5O2S/c9-6(16)5-1-2-12-13-7(5)11-3-4-15-8(10)14/h1-2H,3-4H2,(H2,9,16)(H2,10,14)(H,11,13). The van der Waals surface area contributed by atoms with Crippen LogP contribution in [-0.2, 0) is 4.74 Å². The van der Waals surface area contributed by atoms with E-state index >= 15 is 0 Å². The van der Waals surface area contributed by atoms with Gasteiger partial charge in [0.2, 0.25) is 0 Å². The Labute approximate surface area is 97.2 Å². The molecule has 16 heavy (non-hydrogen) atoms. The zero-order valence-electron chi connectivity index (χ0n) is 8.34. The number of aromatic nitrogens is 2. The Balaban J connectivity index is 2.53. The summed E-state index contributed by atoms with van der Waals surface area (Å²) < 4.78 is 4.53. The summed E-state index contributed by atoms with van der Waals surface area (Å²) in [5.74, 6) is 0.447. The van der Waals surface area contributed by atoms with Gasteiger partial charge in [0, 0.05) is 0 Å². The van der Waals surface area contributed by atoms with E-state index in [1.807, 2.05) is 0 Å². The fraction of sp³-hybridized carbons (Fsp3) is 0.250. The first-order valence-electron chi connectivity index (χ1n) is 4.39. The summed E-state index contributed by atoms with van der Waals surface area (Å²) in [4.78, 5) is 10.5. The summed E-state index contributed by atoms with van der Waals surface area (Å²) in [6.45, 7) is 0.472. The van der Waals surface area contributed by atoms with E-state index in [0.717, 1.165) is 0 Å². The van der Waals surface area contributed by atoms with Crippen LogP contribution in [0.15, 0.2) is 12.3 Å². The second-order valence-corrected chi connectivity index (χ2v) is 3.19. The van der Waals surface area contributed by atoms with Crippen molar-refractivity contribution >= 4 is 29.1 Å². The molecule has 1 aromatic rings. The van der Waals surface area contributed by atoms with Gasteiger partial charge in [-0.3, -0.25) is 0 Å². The van der Waals surface area contributed by atoms with Crippen LogP contribution in [0.1, 0.15) is 5.56 Å². The predicted molar refractivity (Wildman–Crippen MR) is 61.9 cm³/mol. The number of ether oxygens (including phenoxy) is 1. The van der Waals surface area contributed by atoms with Gasteiger partial charge in [0.1, 0.15) is 11.6 Å². The molecular formula is C8H11N5O2S. The molecule has 0 aliphatic heterocycles. The molecule has 1 rings (SSSR count). The summed E-state index contributed by atoms with van der Waals surface area (Å²) in [5.41, 5.74) is 10.9. The van der Waals surface area contributed by atoms with E-state index in [0.29, 0.717) is 17.9 Å². The van der Waals surface area contributed by atoms with Crippen LogP contribution in [0.3, 0.4) is 0 Å². The van der Waals surface area contributed by atoms with Crippen LogP contribution in [0.25, 0.3) is 0 Å². The molecule has 0 unspecified atom stereocenters. The van der Waals surface area contributed by atoms with Crippen LogP contribution in [0.2, 0.25) is 0 Å². The molecule has 0 aliphatic rings. The molecule has 0 saturated carbocycles. The molecule has 1 aromatic heterocycles. The summed E-state index contributed by atoms with van der Waals surface area (Å²) in [6, 6.07) is 1.65. The maximum atomic E-state index is 10.3. The third kappa shape index (κ3) is 3.65. The Hall–Kier alpha value is -1.96. The van der Waals surface area contributed by atoms with Crippen LogP contribution in [-0.4, -0.2) is 34.4 Å². The molecule has 1 heterocycles. The zero-order chi connectivity index (χ0) is 12.0. The highest BCUT2D eigenvalue weighted by atomic mass is 32.1. The van der Waals surface area contributed by atoms with Crippen LogP contribution < -0.4 is 16.8 Å². The van der Waals surface area contributed by atoms with Crippen LogP contribution in [0, 0.1) is 0 Å². The lowest BCUT2D eigenvalue weighted by molar-refractivity contribution is 0.161. The number of carbonyl (C=O) groups is 1. The minimum atomic E-state index is -0.824. The lowest BCUT2D eigenvalue weighted by Crippen LogP contribution is -2.20. The number of primary amides is 1. The van der Waals surface area contributed by atoms with Crippen molar-refractivity contribution in [1.82, 2.24) is 10.2 Å². The first-order valence-corrected chi connectivity index (χ1v) is 4.79. The van der Waals surface area contributed by atoms with Crippen molar-refractivity contribution in [2.45, 2.75) is 0 Å². The van der Waals surface area contributed by atoms with Gasteiger partial charge in [0.05, 0.1) is 18.3 Å². The van der Waals surface area contributed by atoms with Crippen LogP contribution in [0.4, 0.5) is 10.6 Å². The molecule has 0 aromatic carbocycles. The Morgan fingerprint density at radius 1 is 1.56 bits per heavy atom. The number of nitrogens with two attached hydrogens (primary N) is 2. The van der Waals surface area contributed by atoms with Gasteiger partial charge in [-0.25, -0.2) is 4.79 Å². The van der Waals surface area contributed by atoms with Gasteiger partial charge in [-0.15, -0.1) is 5.10 Å². The van der Waals surface area contributed by atoms with Gasteiger partial charge in [-0.2, -0.15) is 5.10 Å². The van der Waals surface area contributed by atoms with E-state index in [4.69, 9.17) is 23.7 Å². The quantitative estimate of drug-likeness (QED) is 0.475. The third-order valence-corrected chi connectivity index (χ3v) is 1.84. The van der Waals surface area contributed by atoms with Crippen LogP contribution in [0.5, 0.6) is 0 Å². The molecule has 0 fully saturated rings. The average Bonchev–Trinajstić information content (AvgIpc) is 2.24. The molecule has 86 valence electrons. The maximum absolute atomic E-state index is 10.3. The summed E-state index contributed by atoms with van der Waals surface area (Å²) in [6.07, 6.45) is 0.662. The fourth-order valence-corrected chi connectivity index (χ4v) is 1.15. The van der Waals surface area contributed by atoms with Crippen molar-refractivity contribution in [3.63, 3.8) is 0 Å². The summed E-state index contributed by atoms with van der Waals surface area (Å²) in [7, 11) is 0. The maximum Gasteiger partial charge on any atom is 0.404 e. The second-order valence-electron chi connectivity index (χ2n) is 2.75.